The quantitative estimate of drug-likeness (QED) is 0.869. The van der Waals surface area contributed by atoms with E-state index in [2.05, 4.69) is 5.32 Å². The van der Waals surface area contributed by atoms with E-state index in [0.29, 0.717) is 12.6 Å². The standard InChI is InChI=1S/C15H21ClN2O/c1-3-18(14-7-8-14)15(19)10-17-11(2)12-5-4-6-13(16)9-12/h4-6,9,11,14,17H,3,7-8,10H2,1-2H3/t11-/m1/s1. The maximum absolute atomic E-state index is 12.1. The zero-order valence-corrected chi connectivity index (χ0v) is 12.3. The van der Waals surface area contributed by atoms with Crippen LogP contribution in [0.2, 0.25) is 5.02 Å². The summed E-state index contributed by atoms with van der Waals surface area (Å²) in [6.45, 7) is 5.28. The van der Waals surface area contributed by atoms with Gasteiger partial charge in [0, 0.05) is 23.7 Å². The molecule has 0 radical (unpaired) electrons. The average Bonchev–Trinajstić information content (AvgIpc) is 3.21. The predicted octanol–water partition coefficient (Wildman–Crippen LogP) is 3.00. The van der Waals surface area contributed by atoms with Crippen molar-refractivity contribution < 1.29 is 4.79 Å². The molecule has 0 aromatic heterocycles. The van der Waals surface area contributed by atoms with Crippen LogP contribution in [0.3, 0.4) is 0 Å². The Bertz CT molecular complexity index is 446. The van der Waals surface area contributed by atoms with E-state index in [9.17, 15) is 4.79 Å². The SMILES string of the molecule is CCN(C(=O)CN[C@H](C)c1cccc(Cl)c1)C1CC1. The molecule has 0 saturated heterocycles. The molecule has 4 heteroatoms. The largest absolute Gasteiger partial charge is 0.339 e. The van der Waals surface area contributed by atoms with E-state index < -0.39 is 0 Å². The summed E-state index contributed by atoms with van der Waals surface area (Å²) in [4.78, 5) is 14.1. The van der Waals surface area contributed by atoms with Gasteiger partial charge >= 0.3 is 0 Å². The summed E-state index contributed by atoms with van der Waals surface area (Å²) >= 11 is 5.97. The second-order valence-electron chi connectivity index (χ2n) is 5.07. The molecule has 0 bridgehead atoms. The lowest BCUT2D eigenvalue weighted by Gasteiger charge is -2.22. The Labute approximate surface area is 119 Å². The highest BCUT2D eigenvalue weighted by Crippen LogP contribution is 2.26. The summed E-state index contributed by atoms with van der Waals surface area (Å²) in [7, 11) is 0. The van der Waals surface area contributed by atoms with E-state index in [1.165, 1.54) is 0 Å². The molecular weight excluding hydrogens is 260 g/mol. The maximum atomic E-state index is 12.1. The molecule has 104 valence electrons. The average molecular weight is 281 g/mol. The van der Waals surface area contributed by atoms with Gasteiger partial charge in [-0.1, -0.05) is 23.7 Å². The number of rotatable bonds is 6. The maximum Gasteiger partial charge on any atom is 0.236 e. The van der Waals surface area contributed by atoms with E-state index >= 15 is 0 Å². The van der Waals surface area contributed by atoms with E-state index in [-0.39, 0.29) is 11.9 Å². The summed E-state index contributed by atoms with van der Waals surface area (Å²) in [5, 5.41) is 4.00. The summed E-state index contributed by atoms with van der Waals surface area (Å²) in [6.07, 6.45) is 2.31. The van der Waals surface area contributed by atoms with Crippen molar-refractivity contribution in [3.05, 3.63) is 34.9 Å². The zero-order chi connectivity index (χ0) is 13.8. The van der Waals surface area contributed by atoms with Gasteiger partial charge in [-0.05, 0) is 44.4 Å². The van der Waals surface area contributed by atoms with Gasteiger partial charge in [-0.25, -0.2) is 0 Å². The van der Waals surface area contributed by atoms with Gasteiger partial charge in [0.05, 0.1) is 6.54 Å². The topological polar surface area (TPSA) is 32.3 Å². The summed E-state index contributed by atoms with van der Waals surface area (Å²) in [5.41, 5.74) is 1.11. The fourth-order valence-electron chi connectivity index (χ4n) is 2.26. The van der Waals surface area contributed by atoms with Gasteiger partial charge in [0.1, 0.15) is 0 Å². The van der Waals surface area contributed by atoms with Crippen molar-refractivity contribution in [2.45, 2.75) is 38.8 Å². The highest BCUT2D eigenvalue weighted by atomic mass is 35.5. The highest BCUT2D eigenvalue weighted by molar-refractivity contribution is 6.30. The summed E-state index contributed by atoms with van der Waals surface area (Å²) in [6, 6.07) is 8.35. The van der Waals surface area contributed by atoms with Crippen LogP contribution in [0.15, 0.2) is 24.3 Å². The molecule has 3 nitrogen and oxygen atoms in total. The van der Waals surface area contributed by atoms with Crippen molar-refractivity contribution in [2.75, 3.05) is 13.1 Å². The molecule has 0 heterocycles. The normalized spacial score (nSPS) is 16.2. The number of benzene rings is 1. The van der Waals surface area contributed by atoms with E-state index in [1.54, 1.807) is 0 Å². The van der Waals surface area contributed by atoms with Crippen molar-refractivity contribution in [3.63, 3.8) is 0 Å². The first-order valence-electron chi connectivity index (χ1n) is 6.90. The second-order valence-corrected chi connectivity index (χ2v) is 5.50. The molecule has 1 aliphatic rings. The first-order chi connectivity index (χ1) is 9.11. The Morgan fingerprint density at radius 2 is 2.26 bits per heavy atom. The third-order valence-corrected chi connectivity index (χ3v) is 3.79. The monoisotopic (exact) mass is 280 g/mol. The molecule has 0 aliphatic heterocycles. The number of hydrogen-bond donors (Lipinski definition) is 1. The number of nitrogens with one attached hydrogen (secondary N) is 1. The molecular formula is C15H21ClN2O. The molecule has 1 N–H and O–H groups in total. The van der Waals surface area contributed by atoms with E-state index in [0.717, 1.165) is 30.0 Å². The molecule has 19 heavy (non-hydrogen) atoms. The Morgan fingerprint density at radius 1 is 1.53 bits per heavy atom. The van der Waals surface area contributed by atoms with Crippen molar-refractivity contribution in [1.29, 1.82) is 0 Å². The highest BCUT2D eigenvalue weighted by Gasteiger charge is 2.31. The number of halogens is 1. The van der Waals surface area contributed by atoms with Crippen molar-refractivity contribution >= 4 is 17.5 Å². The fraction of sp³-hybridized carbons (Fsp3) is 0.533. The molecule has 0 unspecified atom stereocenters. The molecule has 1 aliphatic carbocycles. The van der Waals surface area contributed by atoms with Crippen molar-refractivity contribution in [1.82, 2.24) is 10.2 Å². The molecule has 1 saturated carbocycles. The van der Waals surface area contributed by atoms with E-state index in [4.69, 9.17) is 11.6 Å². The smallest absolute Gasteiger partial charge is 0.236 e. The van der Waals surface area contributed by atoms with Crippen LogP contribution >= 0.6 is 11.6 Å². The third-order valence-electron chi connectivity index (χ3n) is 3.56. The van der Waals surface area contributed by atoms with Crippen LogP contribution in [-0.4, -0.2) is 29.9 Å². The lowest BCUT2D eigenvalue weighted by molar-refractivity contribution is -0.130. The molecule has 1 fully saturated rings. The van der Waals surface area contributed by atoms with Crippen LogP contribution in [0.25, 0.3) is 0 Å². The molecule has 1 atom stereocenters. The number of amides is 1. The van der Waals surface area contributed by atoms with Gasteiger partial charge in [0.15, 0.2) is 0 Å². The lowest BCUT2D eigenvalue weighted by atomic mass is 10.1. The Balaban J connectivity index is 1.85. The molecule has 2 rings (SSSR count). The number of hydrogen-bond acceptors (Lipinski definition) is 2. The fourth-order valence-corrected chi connectivity index (χ4v) is 2.46. The number of likely N-dealkylation sites (N-methyl/N-ethyl adjacent to an activating group) is 1. The van der Waals surface area contributed by atoms with Crippen LogP contribution in [0.1, 0.15) is 38.3 Å². The summed E-state index contributed by atoms with van der Waals surface area (Å²) < 4.78 is 0. The van der Waals surface area contributed by atoms with Gasteiger partial charge in [0.25, 0.3) is 0 Å². The van der Waals surface area contributed by atoms with Gasteiger partial charge in [-0.15, -0.1) is 0 Å². The Kier molecular flexibility index (Phi) is 4.83. The number of nitrogens with zero attached hydrogens (tertiary/aromatic N) is 1. The first-order valence-corrected chi connectivity index (χ1v) is 7.28. The lowest BCUT2D eigenvalue weighted by Crippen LogP contribution is -2.40. The van der Waals surface area contributed by atoms with Gasteiger partial charge < -0.3 is 10.2 Å². The van der Waals surface area contributed by atoms with Gasteiger partial charge in [-0.3, -0.25) is 4.79 Å². The summed E-state index contributed by atoms with van der Waals surface area (Å²) in [5.74, 6) is 0.193. The van der Waals surface area contributed by atoms with Crippen LogP contribution in [-0.2, 0) is 4.79 Å². The molecule has 1 amide bonds. The van der Waals surface area contributed by atoms with Gasteiger partial charge in [0.2, 0.25) is 5.91 Å². The minimum Gasteiger partial charge on any atom is -0.339 e. The van der Waals surface area contributed by atoms with Crippen LogP contribution in [0.4, 0.5) is 0 Å². The van der Waals surface area contributed by atoms with Crippen LogP contribution in [0, 0.1) is 0 Å². The number of carbonyl (C=O) groups excluding carboxylic acids is 1. The molecule has 1 aromatic rings. The Hall–Kier alpha value is -1.06. The number of carbonyl (C=O) groups is 1. The van der Waals surface area contributed by atoms with E-state index in [1.807, 2.05) is 43.0 Å². The third kappa shape index (κ3) is 3.95. The first kappa shape index (κ1) is 14.4. The van der Waals surface area contributed by atoms with Gasteiger partial charge in [-0.2, -0.15) is 0 Å². The van der Waals surface area contributed by atoms with Crippen molar-refractivity contribution in [2.24, 2.45) is 0 Å². The van der Waals surface area contributed by atoms with Crippen molar-refractivity contribution in [3.8, 4) is 0 Å². The predicted molar refractivity (Wildman–Crippen MR) is 78.3 cm³/mol. The van der Waals surface area contributed by atoms with Crippen LogP contribution in [0.5, 0.6) is 0 Å². The zero-order valence-electron chi connectivity index (χ0n) is 11.5. The molecule has 0 spiro atoms. The van der Waals surface area contributed by atoms with Crippen LogP contribution < -0.4 is 5.32 Å². The second kappa shape index (κ2) is 6.40. The Morgan fingerprint density at radius 3 is 2.84 bits per heavy atom. The minimum atomic E-state index is 0.126. The minimum absolute atomic E-state index is 0.126. The molecule has 1 aromatic carbocycles.